The molecule has 0 aliphatic rings. The van der Waals surface area contributed by atoms with Gasteiger partial charge in [-0.1, -0.05) is 331 Å². The van der Waals surface area contributed by atoms with Crippen molar-refractivity contribution in [3.63, 3.8) is 0 Å². The average Bonchev–Trinajstić information content (AvgIpc) is 1.61. The van der Waals surface area contributed by atoms with Gasteiger partial charge in [-0.2, -0.15) is 0 Å². The van der Waals surface area contributed by atoms with Crippen LogP contribution in [-0.2, 0) is 65.4 Å². The molecule has 3 N–H and O–H groups in total. The third-order valence-electron chi connectivity index (χ3n) is 18.3. The standard InChI is InChI=1S/C76H148O17P2/c1-9-68(7)54-46-38-30-24-20-16-12-14-17-21-25-31-40-48-56-73(78)86-62-71(92-75(80)58-50-42-32-26-22-18-13-11-15-19-23-28-36-44-52-66(3)4)64-90-94(82,83)88-60-70(77)61-89-95(84,85)91-65-72(93-76(81)59-51-43-33-27-29-37-45-53-67(5)6)63-87-74(79)57-49-41-35-34-39-47-55-69(8)10-2/h66-72,77H,9-65H2,1-8H3,(H,82,83)(H,84,85)/t68?,69?,70-,71-,72-/m1/s1. The Morgan fingerprint density at radius 1 is 0.295 bits per heavy atom. The van der Waals surface area contributed by atoms with Crippen molar-refractivity contribution in [1.82, 2.24) is 0 Å². The summed E-state index contributed by atoms with van der Waals surface area (Å²) in [6, 6.07) is 0. The Hall–Kier alpha value is -1.94. The van der Waals surface area contributed by atoms with E-state index in [2.05, 4.69) is 55.4 Å². The van der Waals surface area contributed by atoms with E-state index in [0.29, 0.717) is 31.6 Å². The van der Waals surface area contributed by atoms with Gasteiger partial charge in [0.25, 0.3) is 0 Å². The summed E-state index contributed by atoms with van der Waals surface area (Å²) in [6.45, 7) is 14.2. The number of esters is 4. The highest BCUT2D eigenvalue weighted by atomic mass is 31.2. The Labute approximate surface area is 581 Å². The average molecular weight is 1400 g/mol. The number of ether oxygens (including phenoxy) is 4. The minimum absolute atomic E-state index is 0.102. The van der Waals surface area contributed by atoms with Crippen molar-refractivity contribution in [2.75, 3.05) is 39.6 Å². The van der Waals surface area contributed by atoms with Crippen LogP contribution in [0.3, 0.4) is 0 Å². The van der Waals surface area contributed by atoms with Gasteiger partial charge in [0.15, 0.2) is 12.2 Å². The quantitative estimate of drug-likeness (QED) is 0.0222. The first-order chi connectivity index (χ1) is 45.7. The van der Waals surface area contributed by atoms with Crippen LogP contribution in [0.4, 0.5) is 0 Å². The van der Waals surface area contributed by atoms with Crippen LogP contribution in [0.1, 0.15) is 383 Å². The molecule has 0 amide bonds. The van der Waals surface area contributed by atoms with Gasteiger partial charge < -0.3 is 33.8 Å². The molecule has 0 saturated heterocycles. The Bertz CT molecular complexity index is 1870. The lowest BCUT2D eigenvalue weighted by Crippen LogP contribution is -2.30. The number of hydrogen-bond acceptors (Lipinski definition) is 15. The molecule has 0 aromatic carbocycles. The van der Waals surface area contributed by atoms with E-state index in [1.165, 1.54) is 180 Å². The van der Waals surface area contributed by atoms with Gasteiger partial charge in [0, 0.05) is 25.7 Å². The van der Waals surface area contributed by atoms with E-state index in [1.807, 2.05) is 0 Å². The topological polar surface area (TPSA) is 237 Å². The van der Waals surface area contributed by atoms with Gasteiger partial charge in [0.1, 0.15) is 19.3 Å². The number of unbranched alkanes of at least 4 members (excludes halogenated alkanes) is 37. The zero-order valence-corrected chi connectivity index (χ0v) is 64.1. The van der Waals surface area contributed by atoms with Gasteiger partial charge in [0.05, 0.1) is 26.4 Å². The van der Waals surface area contributed by atoms with E-state index in [9.17, 15) is 43.2 Å². The molecular formula is C76H148O17P2. The molecule has 0 bridgehead atoms. The molecular weight excluding hydrogens is 1250 g/mol. The molecule has 7 atom stereocenters. The monoisotopic (exact) mass is 1400 g/mol. The van der Waals surface area contributed by atoms with Gasteiger partial charge in [-0.05, 0) is 49.4 Å². The van der Waals surface area contributed by atoms with E-state index in [0.717, 1.165) is 114 Å². The fourth-order valence-corrected chi connectivity index (χ4v) is 13.1. The smallest absolute Gasteiger partial charge is 0.462 e. The SMILES string of the molecule is CCC(C)CCCCCCCCCCCCCCCCC(=O)OC[C@H](COP(=O)(O)OC[C@@H](O)COP(=O)(O)OC[C@@H](COC(=O)CCCCCCCCC(C)CC)OC(=O)CCCCCCCCCC(C)C)OC(=O)CCCCCCCCCCCCCCCCC(C)C. The summed E-state index contributed by atoms with van der Waals surface area (Å²) in [5.74, 6) is 0.948. The third kappa shape index (κ3) is 67.6. The molecule has 19 heteroatoms. The Morgan fingerprint density at radius 3 is 0.747 bits per heavy atom. The summed E-state index contributed by atoms with van der Waals surface area (Å²) >= 11 is 0. The maximum Gasteiger partial charge on any atom is 0.472 e. The Balaban J connectivity index is 5.23. The second-order valence-electron chi connectivity index (χ2n) is 28.8. The maximum absolute atomic E-state index is 13.1. The lowest BCUT2D eigenvalue weighted by molar-refractivity contribution is -0.161. The molecule has 0 aliphatic carbocycles. The number of rotatable bonds is 73. The molecule has 0 spiro atoms. The fourth-order valence-electron chi connectivity index (χ4n) is 11.5. The molecule has 0 aromatic heterocycles. The molecule has 0 aliphatic heterocycles. The van der Waals surface area contributed by atoms with E-state index in [4.69, 9.17) is 37.0 Å². The molecule has 0 radical (unpaired) electrons. The minimum atomic E-state index is -4.96. The molecule has 0 saturated carbocycles. The van der Waals surface area contributed by atoms with Crippen molar-refractivity contribution in [2.24, 2.45) is 23.7 Å². The van der Waals surface area contributed by atoms with Gasteiger partial charge in [-0.3, -0.25) is 37.3 Å². The van der Waals surface area contributed by atoms with Crippen LogP contribution in [-0.4, -0.2) is 96.7 Å². The maximum atomic E-state index is 13.1. The number of carbonyl (C=O) groups is 4. The second kappa shape index (κ2) is 65.4. The highest BCUT2D eigenvalue weighted by Crippen LogP contribution is 2.45. The number of phosphoric ester groups is 2. The van der Waals surface area contributed by atoms with Crippen molar-refractivity contribution in [3.05, 3.63) is 0 Å². The van der Waals surface area contributed by atoms with Crippen molar-refractivity contribution < 1.29 is 80.2 Å². The van der Waals surface area contributed by atoms with Gasteiger partial charge in [-0.25, -0.2) is 9.13 Å². The summed E-state index contributed by atoms with van der Waals surface area (Å²) < 4.78 is 68.5. The predicted molar refractivity (Wildman–Crippen MR) is 386 cm³/mol. The first kappa shape index (κ1) is 93.1. The van der Waals surface area contributed by atoms with Crippen molar-refractivity contribution in [2.45, 2.75) is 401 Å². The minimum Gasteiger partial charge on any atom is -0.462 e. The van der Waals surface area contributed by atoms with Crippen molar-refractivity contribution in [3.8, 4) is 0 Å². The number of carbonyl (C=O) groups excluding carboxylic acids is 4. The number of hydrogen-bond donors (Lipinski definition) is 3. The van der Waals surface area contributed by atoms with E-state index >= 15 is 0 Å². The second-order valence-corrected chi connectivity index (χ2v) is 31.7. The highest BCUT2D eigenvalue weighted by Gasteiger charge is 2.30. The summed E-state index contributed by atoms with van der Waals surface area (Å²) in [6.07, 6.45) is 50.1. The molecule has 0 rings (SSSR count). The summed E-state index contributed by atoms with van der Waals surface area (Å²) in [5.41, 5.74) is 0. The van der Waals surface area contributed by atoms with Gasteiger partial charge in [-0.15, -0.1) is 0 Å². The van der Waals surface area contributed by atoms with Crippen LogP contribution in [0.2, 0.25) is 0 Å². The van der Waals surface area contributed by atoms with Crippen molar-refractivity contribution in [1.29, 1.82) is 0 Å². The lowest BCUT2D eigenvalue weighted by atomic mass is 9.99. The lowest BCUT2D eigenvalue weighted by Gasteiger charge is -2.21. The summed E-state index contributed by atoms with van der Waals surface area (Å²) in [7, 11) is -9.91. The normalized spacial score (nSPS) is 14.7. The number of aliphatic hydroxyl groups is 1. The number of aliphatic hydroxyl groups excluding tert-OH is 1. The molecule has 17 nitrogen and oxygen atoms in total. The van der Waals surface area contributed by atoms with E-state index in [-0.39, 0.29) is 25.7 Å². The molecule has 95 heavy (non-hydrogen) atoms. The predicted octanol–water partition coefficient (Wildman–Crippen LogP) is 22.0. The third-order valence-corrected chi connectivity index (χ3v) is 20.2. The zero-order chi connectivity index (χ0) is 70.3. The van der Waals surface area contributed by atoms with Crippen LogP contribution in [0, 0.1) is 23.7 Å². The molecule has 4 unspecified atom stereocenters. The van der Waals surface area contributed by atoms with Crippen LogP contribution in [0.25, 0.3) is 0 Å². The molecule has 0 heterocycles. The first-order valence-corrected chi connectivity index (χ1v) is 42.3. The largest absolute Gasteiger partial charge is 0.472 e. The summed E-state index contributed by atoms with van der Waals surface area (Å²) in [5, 5.41) is 10.6. The van der Waals surface area contributed by atoms with Crippen LogP contribution < -0.4 is 0 Å². The molecule has 0 fully saturated rings. The molecule has 564 valence electrons. The highest BCUT2D eigenvalue weighted by molar-refractivity contribution is 7.47. The van der Waals surface area contributed by atoms with E-state index in [1.54, 1.807) is 0 Å². The Morgan fingerprint density at radius 2 is 0.505 bits per heavy atom. The van der Waals surface area contributed by atoms with Crippen LogP contribution in [0.5, 0.6) is 0 Å². The summed E-state index contributed by atoms with van der Waals surface area (Å²) in [4.78, 5) is 72.8. The van der Waals surface area contributed by atoms with Crippen LogP contribution >= 0.6 is 15.6 Å². The van der Waals surface area contributed by atoms with Crippen molar-refractivity contribution >= 4 is 39.5 Å². The zero-order valence-electron chi connectivity index (χ0n) is 62.3. The Kier molecular flexibility index (Phi) is 64.0. The van der Waals surface area contributed by atoms with E-state index < -0.39 is 97.5 Å². The first-order valence-electron chi connectivity index (χ1n) is 39.3. The number of phosphoric acid groups is 2. The molecule has 0 aromatic rings. The van der Waals surface area contributed by atoms with Gasteiger partial charge in [0.2, 0.25) is 0 Å². The van der Waals surface area contributed by atoms with Crippen LogP contribution in [0.15, 0.2) is 0 Å². The fraction of sp³-hybridized carbons (Fsp3) is 0.947. The van der Waals surface area contributed by atoms with Gasteiger partial charge >= 0.3 is 39.5 Å².